The molecule has 1 rings (SSSR count). The van der Waals surface area contributed by atoms with Gasteiger partial charge in [0.25, 0.3) is 0 Å². The second kappa shape index (κ2) is 4.61. The molecule has 2 nitrogen and oxygen atoms in total. The fraction of sp³-hybridized carbons (Fsp3) is 0.857. The molecule has 1 N–H and O–H groups in total. The van der Waals surface area contributed by atoms with Gasteiger partial charge in [0.2, 0.25) is 0 Å². The molecule has 1 heterocycles. The van der Waals surface area contributed by atoms with E-state index in [0.717, 1.165) is 18.3 Å². The number of rotatable bonds is 0. The lowest BCUT2D eigenvalue weighted by Gasteiger charge is -2.10. The molecule has 0 saturated heterocycles. The highest BCUT2D eigenvalue weighted by atomic mass is 32.2. The van der Waals surface area contributed by atoms with Gasteiger partial charge in [0.05, 0.1) is 0 Å². The first-order valence-electron chi connectivity index (χ1n) is 3.76. The molecule has 3 heteroatoms. The van der Waals surface area contributed by atoms with Crippen LogP contribution in [-0.2, 0) is 0 Å². The van der Waals surface area contributed by atoms with Crippen LogP contribution in [0.3, 0.4) is 0 Å². The van der Waals surface area contributed by atoms with Gasteiger partial charge in [-0.1, -0.05) is 11.8 Å². The summed E-state index contributed by atoms with van der Waals surface area (Å²) in [6.07, 6.45) is 5.93. The van der Waals surface area contributed by atoms with Gasteiger partial charge in [0.1, 0.15) is 0 Å². The third kappa shape index (κ3) is 2.60. The van der Waals surface area contributed by atoms with Crippen molar-refractivity contribution in [3.63, 3.8) is 0 Å². The largest absolute Gasteiger partial charge is 0.365 e. The average molecular weight is 158 g/mol. The molecule has 0 aliphatic carbocycles. The summed E-state index contributed by atoms with van der Waals surface area (Å²) in [6, 6.07) is 0. The van der Waals surface area contributed by atoms with Gasteiger partial charge in [-0.25, -0.2) is 0 Å². The topological polar surface area (TPSA) is 24.4 Å². The van der Waals surface area contributed by atoms with Gasteiger partial charge in [-0.05, 0) is 25.5 Å². The molecule has 0 fully saturated rings. The van der Waals surface area contributed by atoms with Crippen molar-refractivity contribution in [3.05, 3.63) is 0 Å². The molecule has 0 amide bonds. The van der Waals surface area contributed by atoms with Crippen LogP contribution in [0.4, 0.5) is 0 Å². The van der Waals surface area contributed by atoms with E-state index >= 15 is 0 Å². The SMILES string of the molecule is CSC1=NCCCCCN1. The van der Waals surface area contributed by atoms with Crippen LogP contribution in [-0.4, -0.2) is 24.5 Å². The van der Waals surface area contributed by atoms with E-state index < -0.39 is 0 Å². The summed E-state index contributed by atoms with van der Waals surface area (Å²) in [5, 5.41) is 4.40. The molecule has 0 bridgehead atoms. The van der Waals surface area contributed by atoms with E-state index in [1.54, 1.807) is 11.8 Å². The lowest BCUT2D eigenvalue weighted by molar-refractivity contribution is 0.656. The molecule has 0 aromatic rings. The average Bonchev–Trinajstić information content (AvgIpc) is 1.87. The lowest BCUT2D eigenvalue weighted by Crippen LogP contribution is -2.23. The summed E-state index contributed by atoms with van der Waals surface area (Å²) in [4.78, 5) is 4.37. The summed E-state index contributed by atoms with van der Waals surface area (Å²) in [6.45, 7) is 2.10. The van der Waals surface area contributed by atoms with Crippen LogP contribution < -0.4 is 5.32 Å². The minimum absolute atomic E-state index is 1.00. The van der Waals surface area contributed by atoms with Crippen molar-refractivity contribution in [2.24, 2.45) is 4.99 Å². The van der Waals surface area contributed by atoms with Crippen LogP contribution in [0.25, 0.3) is 0 Å². The Labute approximate surface area is 66.5 Å². The molecule has 0 atom stereocenters. The zero-order valence-corrected chi connectivity index (χ0v) is 7.21. The predicted octanol–water partition coefficient (Wildman–Crippen LogP) is 1.48. The highest BCUT2D eigenvalue weighted by molar-refractivity contribution is 8.13. The fourth-order valence-corrected chi connectivity index (χ4v) is 1.45. The van der Waals surface area contributed by atoms with E-state index in [-0.39, 0.29) is 0 Å². The van der Waals surface area contributed by atoms with Crippen LogP contribution in [0.2, 0.25) is 0 Å². The standard InChI is InChI=1S/C7H14N2S/c1-10-7-8-5-3-2-4-6-9-7/h2-6H2,1H3,(H,8,9). The van der Waals surface area contributed by atoms with E-state index in [1.807, 2.05) is 0 Å². The number of thioether (sulfide) groups is 1. The number of nitrogens with zero attached hydrogens (tertiary/aromatic N) is 1. The number of nitrogens with one attached hydrogen (secondary N) is 1. The third-order valence-electron chi connectivity index (χ3n) is 1.56. The van der Waals surface area contributed by atoms with Crippen LogP contribution in [0.5, 0.6) is 0 Å². The van der Waals surface area contributed by atoms with E-state index in [4.69, 9.17) is 0 Å². The molecule has 1 aliphatic heterocycles. The minimum atomic E-state index is 1.00. The van der Waals surface area contributed by atoms with E-state index in [0.29, 0.717) is 0 Å². The molecule has 0 radical (unpaired) electrons. The Morgan fingerprint density at radius 3 is 3.10 bits per heavy atom. The maximum Gasteiger partial charge on any atom is 0.156 e. The number of amidine groups is 1. The molecule has 0 spiro atoms. The molecule has 0 saturated carbocycles. The van der Waals surface area contributed by atoms with Gasteiger partial charge in [-0.2, -0.15) is 0 Å². The number of hydrogen-bond donors (Lipinski definition) is 1. The van der Waals surface area contributed by atoms with Gasteiger partial charge in [0.15, 0.2) is 5.17 Å². The van der Waals surface area contributed by atoms with Gasteiger partial charge in [-0.3, -0.25) is 4.99 Å². The first-order valence-corrected chi connectivity index (χ1v) is 4.98. The summed E-state index contributed by atoms with van der Waals surface area (Å²) in [7, 11) is 0. The van der Waals surface area contributed by atoms with Crippen LogP contribution in [0.15, 0.2) is 4.99 Å². The Morgan fingerprint density at radius 2 is 2.30 bits per heavy atom. The zero-order valence-electron chi connectivity index (χ0n) is 6.39. The van der Waals surface area contributed by atoms with Crippen LogP contribution in [0, 0.1) is 0 Å². The molecule has 10 heavy (non-hydrogen) atoms. The zero-order chi connectivity index (χ0) is 7.23. The van der Waals surface area contributed by atoms with E-state index in [1.165, 1.54) is 19.3 Å². The van der Waals surface area contributed by atoms with Crippen molar-refractivity contribution in [2.45, 2.75) is 19.3 Å². The molecule has 0 aromatic carbocycles. The maximum atomic E-state index is 4.37. The Kier molecular flexibility index (Phi) is 3.65. The van der Waals surface area contributed by atoms with Crippen LogP contribution in [0.1, 0.15) is 19.3 Å². The van der Waals surface area contributed by atoms with Gasteiger partial charge < -0.3 is 5.32 Å². The lowest BCUT2D eigenvalue weighted by atomic mass is 10.2. The maximum absolute atomic E-state index is 4.37. The second-order valence-electron chi connectivity index (χ2n) is 2.38. The highest BCUT2D eigenvalue weighted by Crippen LogP contribution is 2.02. The Morgan fingerprint density at radius 1 is 1.40 bits per heavy atom. The Balaban J connectivity index is 2.35. The quantitative estimate of drug-likeness (QED) is 0.577. The van der Waals surface area contributed by atoms with E-state index in [9.17, 15) is 0 Å². The van der Waals surface area contributed by atoms with Crippen molar-refractivity contribution in [1.82, 2.24) is 5.32 Å². The molecular formula is C7H14N2S. The summed E-state index contributed by atoms with van der Waals surface area (Å²) in [5.74, 6) is 0. The molecule has 0 unspecified atom stereocenters. The van der Waals surface area contributed by atoms with Gasteiger partial charge >= 0.3 is 0 Å². The summed E-state index contributed by atoms with van der Waals surface area (Å²) >= 11 is 1.71. The smallest absolute Gasteiger partial charge is 0.156 e. The summed E-state index contributed by atoms with van der Waals surface area (Å²) < 4.78 is 0. The molecule has 1 aliphatic rings. The van der Waals surface area contributed by atoms with Crippen molar-refractivity contribution in [1.29, 1.82) is 0 Å². The van der Waals surface area contributed by atoms with E-state index in [2.05, 4.69) is 16.6 Å². The van der Waals surface area contributed by atoms with Crippen molar-refractivity contribution < 1.29 is 0 Å². The number of aliphatic imine (C=N–C) groups is 1. The fourth-order valence-electron chi connectivity index (χ4n) is 0.982. The summed E-state index contributed by atoms with van der Waals surface area (Å²) in [5.41, 5.74) is 0. The normalized spacial score (nSPS) is 20.3. The molecule has 58 valence electrons. The minimum Gasteiger partial charge on any atom is -0.365 e. The first kappa shape index (κ1) is 7.92. The second-order valence-corrected chi connectivity index (χ2v) is 3.17. The highest BCUT2D eigenvalue weighted by Gasteiger charge is 1.98. The van der Waals surface area contributed by atoms with Crippen molar-refractivity contribution in [3.8, 4) is 0 Å². The molecule has 0 aromatic heterocycles. The third-order valence-corrected chi connectivity index (χ3v) is 2.22. The molecular weight excluding hydrogens is 144 g/mol. The Bertz CT molecular complexity index is 123. The first-order chi connectivity index (χ1) is 4.93. The Hall–Kier alpha value is -0.180. The predicted molar refractivity (Wildman–Crippen MR) is 47.7 cm³/mol. The van der Waals surface area contributed by atoms with Gasteiger partial charge in [0, 0.05) is 13.1 Å². The van der Waals surface area contributed by atoms with Crippen molar-refractivity contribution in [2.75, 3.05) is 19.3 Å². The monoisotopic (exact) mass is 158 g/mol. The van der Waals surface area contributed by atoms with Crippen LogP contribution >= 0.6 is 11.8 Å². The van der Waals surface area contributed by atoms with Crippen molar-refractivity contribution >= 4 is 16.9 Å². The number of hydrogen-bond acceptors (Lipinski definition) is 3. The van der Waals surface area contributed by atoms with Gasteiger partial charge in [-0.15, -0.1) is 0 Å².